The van der Waals surface area contributed by atoms with Gasteiger partial charge in [0.1, 0.15) is 4.64 Å². The van der Waals surface area contributed by atoms with Crippen molar-refractivity contribution in [2.45, 2.75) is 26.7 Å². The zero-order valence-electron chi connectivity index (χ0n) is 9.90. The van der Waals surface area contributed by atoms with Gasteiger partial charge in [-0.15, -0.1) is 0 Å². The van der Waals surface area contributed by atoms with Crippen LogP contribution in [0.5, 0.6) is 0 Å². The van der Waals surface area contributed by atoms with Crippen molar-refractivity contribution in [3.05, 3.63) is 34.4 Å². The number of nitrogens with one attached hydrogen (secondary N) is 1. The van der Waals surface area contributed by atoms with E-state index in [-0.39, 0.29) is 0 Å². The Morgan fingerprint density at radius 2 is 2.00 bits per heavy atom. The predicted molar refractivity (Wildman–Crippen MR) is 69.2 cm³/mol. The molecule has 0 radical (unpaired) electrons. The number of hydrogen-bond acceptors (Lipinski definition) is 4. The minimum atomic E-state index is 0.575. The second-order valence-electron chi connectivity index (χ2n) is 3.93. The highest BCUT2D eigenvalue weighted by molar-refractivity contribution is 7.71. The number of rotatable bonds is 3. The van der Waals surface area contributed by atoms with Crippen LogP contribution in [0.1, 0.15) is 24.6 Å². The Balaban J connectivity index is 2.44. The quantitative estimate of drug-likeness (QED) is 0.846. The van der Waals surface area contributed by atoms with Gasteiger partial charge in [-0.1, -0.05) is 25.6 Å². The van der Waals surface area contributed by atoms with Crippen LogP contribution in [-0.2, 0) is 6.42 Å². The van der Waals surface area contributed by atoms with Crippen molar-refractivity contribution in [1.82, 2.24) is 19.9 Å². The Bertz CT molecular complexity index is 559. The van der Waals surface area contributed by atoms with Gasteiger partial charge in [-0.25, -0.2) is 15.0 Å². The molecular formula is C12H14N4S. The lowest BCUT2D eigenvalue weighted by Crippen LogP contribution is -1.99. The van der Waals surface area contributed by atoms with Gasteiger partial charge in [0.2, 0.25) is 0 Å². The zero-order valence-corrected chi connectivity index (χ0v) is 10.7. The van der Waals surface area contributed by atoms with Gasteiger partial charge in [-0.3, -0.25) is 0 Å². The predicted octanol–water partition coefficient (Wildman–Crippen LogP) is 2.86. The maximum Gasteiger partial charge on any atom is 0.195 e. The van der Waals surface area contributed by atoms with E-state index in [9.17, 15) is 0 Å². The maximum absolute atomic E-state index is 5.14. The summed E-state index contributed by atoms with van der Waals surface area (Å²) in [5.74, 6) is 1.22. The Morgan fingerprint density at radius 3 is 2.65 bits per heavy atom. The smallest absolute Gasteiger partial charge is 0.195 e. The molecule has 0 aliphatic heterocycles. The normalized spacial score (nSPS) is 10.5. The lowest BCUT2D eigenvalue weighted by Gasteiger charge is -2.03. The van der Waals surface area contributed by atoms with E-state index in [2.05, 4.69) is 26.9 Å². The first kappa shape index (κ1) is 11.9. The molecule has 2 heterocycles. The molecule has 0 saturated carbocycles. The van der Waals surface area contributed by atoms with E-state index in [0.29, 0.717) is 16.3 Å². The minimum Gasteiger partial charge on any atom is -0.340 e. The molecule has 0 unspecified atom stereocenters. The fourth-order valence-electron chi connectivity index (χ4n) is 1.53. The highest BCUT2D eigenvalue weighted by Crippen LogP contribution is 2.10. The first-order chi connectivity index (χ1) is 8.19. The van der Waals surface area contributed by atoms with Gasteiger partial charge >= 0.3 is 0 Å². The maximum atomic E-state index is 5.14. The molecule has 0 bridgehead atoms. The first-order valence-electron chi connectivity index (χ1n) is 5.58. The van der Waals surface area contributed by atoms with E-state index >= 15 is 0 Å². The SMILES string of the molecule is CCCc1cc(=S)nc(-c2ncc(C)cn2)[nH]1. The first-order valence-corrected chi connectivity index (χ1v) is 5.99. The zero-order chi connectivity index (χ0) is 12.3. The van der Waals surface area contributed by atoms with Crippen molar-refractivity contribution < 1.29 is 0 Å². The summed E-state index contributed by atoms with van der Waals surface area (Å²) in [5.41, 5.74) is 2.10. The molecule has 5 heteroatoms. The number of hydrogen-bond donors (Lipinski definition) is 1. The van der Waals surface area contributed by atoms with Crippen molar-refractivity contribution in [3.8, 4) is 11.6 Å². The fourth-order valence-corrected chi connectivity index (χ4v) is 1.77. The molecule has 0 aliphatic rings. The number of aromatic nitrogens is 4. The Labute approximate surface area is 105 Å². The monoisotopic (exact) mass is 246 g/mol. The van der Waals surface area contributed by atoms with Gasteiger partial charge in [0.15, 0.2) is 11.6 Å². The molecule has 2 aromatic heterocycles. The van der Waals surface area contributed by atoms with Crippen LogP contribution in [0.15, 0.2) is 18.5 Å². The molecule has 1 N–H and O–H groups in total. The second kappa shape index (κ2) is 5.14. The number of aryl methyl sites for hydroxylation is 2. The number of nitrogens with zero attached hydrogens (tertiary/aromatic N) is 3. The van der Waals surface area contributed by atoms with Gasteiger partial charge in [0.25, 0.3) is 0 Å². The summed E-state index contributed by atoms with van der Waals surface area (Å²) < 4.78 is 0.575. The van der Waals surface area contributed by atoms with E-state index in [1.807, 2.05) is 13.0 Å². The third-order valence-corrected chi connectivity index (χ3v) is 2.52. The van der Waals surface area contributed by atoms with Gasteiger partial charge in [-0.05, 0) is 25.0 Å². The topological polar surface area (TPSA) is 54.5 Å². The molecule has 0 aliphatic carbocycles. The van der Waals surface area contributed by atoms with Crippen LogP contribution in [-0.4, -0.2) is 19.9 Å². The Hall–Kier alpha value is -1.62. The van der Waals surface area contributed by atoms with Gasteiger partial charge in [0, 0.05) is 18.1 Å². The molecule has 4 nitrogen and oxygen atoms in total. The van der Waals surface area contributed by atoms with Crippen molar-refractivity contribution >= 4 is 12.2 Å². The van der Waals surface area contributed by atoms with Crippen LogP contribution < -0.4 is 0 Å². The Kier molecular flexibility index (Phi) is 3.58. The molecule has 0 spiro atoms. The summed E-state index contributed by atoms with van der Waals surface area (Å²) in [7, 11) is 0. The van der Waals surface area contributed by atoms with Gasteiger partial charge in [0.05, 0.1) is 0 Å². The summed E-state index contributed by atoms with van der Waals surface area (Å²) >= 11 is 5.14. The molecular weight excluding hydrogens is 232 g/mol. The third kappa shape index (κ3) is 2.94. The largest absolute Gasteiger partial charge is 0.340 e. The summed E-state index contributed by atoms with van der Waals surface area (Å²) in [6.07, 6.45) is 5.55. The van der Waals surface area contributed by atoms with Crippen LogP contribution in [0.2, 0.25) is 0 Å². The van der Waals surface area contributed by atoms with Crippen LogP contribution in [0.25, 0.3) is 11.6 Å². The van der Waals surface area contributed by atoms with E-state index < -0.39 is 0 Å². The van der Waals surface area contributed by atoms with E-state index in [1.54, 1.807) is 12.4 Å². The van der Waals surface area contributed by atoms with Gasteiger partial charge in [-0.2, -0.15) is 0 Å². The van der Waals surface area contributed by atoms with Crippen molar-refractivity contribution in [2.24, 2.45) is 0 Å². The van der Waals surface area contributed by atoms with E-state index in [0.717, 1.165) is 24.1 Å². The summed E-state index contributed by atoms with van der Waals surface area (Å²) in [5, 5.41) is 0. The van der Waals surface area contributed by atoms with Crippen molar-refractivity contribution in [3.63, 3.8) is 0 Å². The van der Waals surface area contributed by atoms with Gasteiger partial charge < -0.3 is 4.98 Å². The fraction of sp³-hybridized carbons (Fsp3) is 0.333. The molecule has 2 rings (SSSR count). The van der Waals surface area contributed by atoms with Crippen LogP contribution in [0.4, 0.5) is 0 Å². The summed E-state index contributed by atoms with van der Waals surface area (Å²) in [6.45, 7) is 4.08. The van der Waals surface area contributed by atoms with E-state index in [4.69, 9.17) is 12.2 Å². The van der Waals surface area contributed by atoms with Crippen molar-refractivity contribution in [1.29, 1.82) is 0 Å². The number of aromatic amines is 1. The minimum absolute atomic E-state index is 0.575. The summed E-state index contributed by atoms with van der Waals surface area (Å²) in [6, 6.07) is 1.89. The molecule has 0 amide bonds. The molecule has 88 valence electrons. The Morgan fingerprint density at radius 1 is 1.29 bits per heavy atom. The van der Waals surface area contributed by atoms with E-state index in [1.165, 1.54) is 0 Å². The molecule has 2 aromatic rings. The average Bonchev–Trinajstić information content (AvgIpc) is 2.29. The highest BCUT2D eigenvalue weighted by atomic mass is 32.1. The van der Waals surface area contributed by atoms with Crippen LogP contribution in [0.3, 0.4) is 0 Å². The van der Waals surface area contributed by atoms with Crippen LogP contribution in [0, 0.1) is 11.6 Å². The van der Waals surface area contributed by atoms with Crippen LogP contribution >= 0.6 is 12.2 Å². The summed E-state index contributed by atoms with van der Waals surface area (Å²) in [4.78, 5) is 15.9. The standard InChI is InChI=1S/C12H14N4S/c1-3-4-9-5-10(17)16-12(15-9)11-13-6-8(2)7-14-11/h5-7H,3-4H2,1-2H3,(H,15,16,17). The molecule has 17 heavy (non-hydrogen) atoms. The highest BCUT2D eigenvalue weighted by Gasteiger charge is 2.04. The molecule has 0 aromatic carbocycles. The average molecular weight is 246 g/mol. The lowest BCUT2D eigenvalue weighted by atomic mass is 10.2. The lowest BCUT2D eigenvalue weighted by molar-refractivity contribution is 0.869. The molecule has 0 atom stereocenters. The van der Waals surface area contributed by atoms with Crippen molar-refractivity contribution in [2.75, 3.05) is 0 Å². The molecule has 0 saturated heterocycles. The number of H-pyrrole nitrogens is 1. The third-order valence-electron chi connectivity index (χ3n) is 2.31. The molecule has 0 fully saturated rings. The second-order valence-corrected chi connectivity index (χ2v) is 4.35.